The van der Waals surface area contributed by atoms with E-state index in [9.17, 15) is 13.2 Å². The number of hydrogen-bond donors (Lipinski definition) is 2. The number of piperidine rings is 1. The molecule has 0 bridgehead atoms. The van der Waals surface area contributed by atoms with E-state index < -0.39 is 10.0 Å². The third-order valence-electron chi connectivity index (χ3n) is 4.78. The second-order valence-corrected chi connectivity index (χ2v) is 9.04. The van der Waals surface area contributed by atoms with Gasteiger partial charge < -0.3 is 5.32 Å². The second kappa shape index (κ2) is 9.21. The SMILES string of the molecule is CS(=O)(=O)Nc1ccc(C(=O)NCc2ccc(CN3CCCCC3)cc2)cc1. The molecular weight excluding hydrogens is 374 g/mol. The zero-order valence-corrected chi connectivity index (χ0v) is 17.0. The first-order valence-electron chi connectivity index (χ1n) is 9.55. The van der Waals surface area contributed by atoms with E-state index >= 15 is 0 Å². The molecule has 0 unspecified atom stereocenters. The molecule has 28 heavy (non-hydrogen) atoms. The second-order valence-electron chi connectivity index (χ2n) is 7.29. The summed E-state index contributed by atoms with van der Waals surface area (Å²) in [4.78, 5) is 14.8. The van der Waals surface area contributed by atoms with Crippen molar-refractivity contribution in [2.24, 2.45) is 0 Å². The standard InChI is InChI=1S/C21H27N3O3S/c1-28(26,27)23-20-11-9-19(10-12-20)21(25)22-15-17-5-7-18(8-6-17)16-24-13-3-2-4-14-24/h5-12,23H,2-4,13-16H2,1H3,(H,22,25). The maximum absolute atomic E-state index is 12.3. The van der Waals surface area contributed by atoms with Crippen molar-refractivity contribution in [3.8, 4) is 0 Å². The number of anilines is 1. The molecule has 0 spiro atoms. The van der Waals surface area contributed by atoms with Crippen molar-refractivity contribution in [2.75, 3.05) is 24.1 Å². The van der Waals surface area contributed by atoms with Crippen LogP contribution in [0.15, 0.2) is 48.5 Å². The highest BCUT2D eigenvalue weighted by Gasteiger charge is 2.10. The van der Waals surface area contributed by atoms with Crippen molar-refractivity contribution < 1.29 is 13.2 Å². The zero-order chi connectivity index (χ0) is 20.0. The molecular formula is C21H27N3O3S. The molecule has 3 rings (SSSR count). The summed E-state index contributed by atoms with van der Waals surface area (Å²) in [5, 5.41) is 2.90. The fourth-order valence-electron chi connectivity index (χ4n) is 3.33. The number of nitrogens with one attached hydrogen (secondary N) is 2. The highest BCUT2D eigenvalue weighted by atomic mass is 32.2. The van der Waals surface area contributed by atoms with Gasteiger partial charge in [-0.15, -0.1) is 0 Å². The summed E-state index contributed by atoms with van der Waals surface area (Å²) in [6.07, 6.45) is 5.00. The fraction of sp³-hybridized carbons (Fsp3) is 0.381. The number of likely N-dealkylation sites (tertiary alicyclic amines) is 1. The monoisotopic (exact) mass is 401 g/mol. The van der Waals surface area contributed by atoms with Crippen LogP contribution in [0.25, 0.3) is 0 Å². The van der Waals surface area contributed by atoms with Gasteiger partial charge in [0.1, 0.15) is 0 Å². The Labute approximate surface area is 167 Å². The van der Waals surface area contributed by atoms with Crippen LogP contribution in [0.2, 0.25) is 0 Å². The fourth-order valence-corrected chi connectivity index (χ4v) is 3.89. The molecule has 0 aliphatic carbocycles. The number of rotatable bonds is 7. The van der Waals surface area contributed by atoms with Gasteiger partial charge in [0.15, 0.2) is 0 Å². The molecule has 0 saturated carbocycles. The summed E-state index contributed by atoms with van der Waals surface area (Å²) >= 11 is 0. The number of sulfonamides is 1. The van der Waals surface area contributed by atoms with Crippen molar-refractivity contribution in [3.63, 3.8) is 0 Å². The lowest BCUT2D eigenvalue weighted by atomic mass is 10.1. The predicted molar refractivity (Wildman–Crippen MR) is 112 cm³/mol. The molecule has 1 heterocycles. The van der Waals surface area contributed by atoms with Gasteiger partial charge in [-0.05, 0) is 61.3 Å². The Morgan fingerprint density at radius 2 is 1.54 bits per heavy atom. The maximum atomic E-state index is 12.3. The molecule has 1 aliphatic rings. The number of benzene rings is 2. The highest BCUT2D eigenvalue weighted by molar-refractivity contribution is 7.92. The van der Waals surface area contributed by atoms with E-state index in [1.165, 1.54) is 37.9 Å². The Morgan fingerprint density at radius 1 is 0.929 bits per heavy atom. The Hall–Kier alpha value is -2.38. The maximum Gasteiger partial charge on any atom is 0.251 e. The van der Waals surface area contributed by atoms with Crippen LogP contribution in [0, 0.1) is 0 Å². The highest BCUT2D eigenvalue weighted by Crippen LogP contribution is 2.14. The van der Waals surface area contributed by atoms with E-state index in [1.807, 2.05) is 0 Å². The summed E-state index contributed by atoms with van der Waals surface area (Å²) < 4.78 is 24.8. The molecule has 0 aromatic heterocycles. The van der Waals surface area contributed by atoms with Crippen molar-refractivity contribution in [2.45, 2.75) is 32.4 Å². The van der Waals surface area contributed by atoms with Crippen molar-refractivity contribution >= 4 is 21.6 Å². The van der Waals surface area contributed by atoms with Gasteiger partial charge in [-0.2, -0.15) is 0 Å². The Kier molecular flexibility index (Phi) is 6.70. The quantitative estimate of drug-likeness (QED) is 0.748. The molecule has 2 aromatic rings. The number of nitrogens with zero attached hydrogens (tertiary/aromatic N) is 1. The third-order valence-corrected chi connectivity index (χ3v) is 5.39. The van der Waals surface area contributed by atoms with E-state index in [0.717, 1.165) is 18.4 Å². The summed E-state index contributed by atoms with van der Waals surface area (Å²) in [6.45, 7) is 3.79. The molecule has 1 fully saturated rings. The first-order chi connectivity index (χ1) is 13.4. The minimum Gasteiger partial charge on any atom is -0.348 e. The van der Waals surface area contributed by atoms with Crippen LogP contribution in [0.3, 0.4) is 0 Å². The van der Waals surface area contributed by atoms with Crippen LogP contribution < -0.4 is 10.0 Å². The molecule has 0 atom stereocenters. The summed E-state index contributed by atoms with van der Waals surface area (Å²) in [5.74, 6) is -0.191. The number of amides is 1. The first-order valence-corrected chi connectivity index (χ1v) is 11.4. The Morgan fingerprint density at radius 3 is 2.14 bits per heavy atom. The lowest BCUT2D eigenvalue weighted by molar-refractivity contribution is 0.0951. The Balaban J connectivity index is 1.50. The van der Waals surface area contributed by atoms with Gasteiger partial charge in [-0.3, -0.25) is 14.4 Å². The largest absolute Gasteiger partial charge is 0.348 e. The van der Waals surface area contributed by atoms with Gasteiger partial charge >= 0.3 is 0 Å². The molecule has 1 saturated heterocycles. The Bertz CT molecular complexity index is 887. The van der Waals surface area contributed by atoms with E-state index in [0.29, 0.717) is 17.8 Å². The minimum atomic E-state index is -3.32. The van der Waals surface area contributed by atoms with E-state index in [2.05, 4.69) is 39.2 Å². The van der Waals surface area contributed by atoms with Gasteiger partial charge in [0.2, 0.25) is 10.0 Å². The zero-order valence-electron chi connectivity index (χ0n) is 16.1. The lowest BCUT2D eigenvalue weighted by Crippen LogP contribution is -2.29. The molecule has 2 N–H and O–H groups in total. The smallest absolute Gasteiger partial charge is 0.251 e. The first kappa shape index (κ1) is 20.4. The number of hydrogen-bond acceptors (Lipinski definition) is 4. The van der Waals surface area contributed by atoms with Crippen LogP contribution in [-0.4, -0.2) is 38.6 Å². The molecule has 0 radical (unpaired) electrons. The topological polar surface area (TPSA) is 78.5 Å². The lowest BCUT2D eigenvalue weighted by Gasteiger charge is -2.26. The summed E-state index contributed by atoms with van der Waals surface area (Å²) in [6, 6.07) is 14.7. The van der Waals surface area contributed by atoms with Gasteiger partial charge in [-0.1, -0.05) is 30.7 Å². The van der Waals surface area contributed by atoms with E-state index in [1.54, 1.807) is 24.3 Å². The van der Waals surface area contributed by atoms with E-state index in [4.69, 9.17) is 0 Å². The van der Waals surface area contributed by atoms with Gasteiger partial charge in [0, 0.05) is 24.3 Å². The predicted octanol–water partition coefficient (Wildman–Crippen LogP) is 2.97. The van der Waals surface area contributed by atoms with Crippen LogP contribution >= 0.6 is 0 Å². The van der Waals surface area contributed by atoms with E-state index in [-0.39, 0.29) is 5.91 Å². The van der Waals surface area contributed by atoms with Gasteiger partial charge in [-0.25, -0.2) is 8.42 Å². The molecule has 1 aliphatic heterocycles. The summed E-state index contributed by atoms with van der Waals surface area (Å²) in [7, 11) is -3.32. The average molecular weight is 402 g/mol. The molecule has 2 aromatic carbocycles. The van der Waals surface area contributed by atoms with Crippen LogP contribution in [-0.2, 0) is 23.1 Å². The summed E-state index contributed by atoms with van der Waals surface area (Å²) in [5.41, 5.74) is 3.26. The normalized spacial score (nSPS) is 15.2. The minimum absolute atomic E-state index is 0.191. The third kappa shape index (κ3) is 6.35. The number of carbonyl (C=O) groups is 1. The molecule has 6 nitrogen and oxygen atoms in total. The van der Waals surface area contributed by atoms with Crippen LogP contribution in [0.5, 0.6) is 0 Å². The number of carbonyl (C=O) groups excluding carboxylic acids is 1. The molecule has 150 valence electrons. The van der Waals surface area contributed by atoms with Crippen LogP contribution in [0.1, 0.15) is 40.7 Å². The van der Waals surface area contributed by atoms with Crippen molar-refractivity contribution in [3.05, 3.63) is 65.2 Å². The molecule has 1 amide bonds. The van der Waals surface area contributed by atoms with Crippen molar-refractivity contribution in [1.29, 1.82) is 0 Å². The average Bonchev–Trinajstić information content (AvgIpc) is 2.67. The molecule has 7 heteroatoms. The van der Waals surface area contributed by atoms with Gasteiger partial charge in [0.05, 0.1) is 6.26 Å². The van der Waals surface area contributed by atoms with Crippen LogP contribution in [0.4, 0.5) is 5.69 Å². The van der Waals surface area contributed by atoms with Crippen molar-refractivity contribution in [1.82, 2.24) is 10.2 Å². The van der Waals surface area contributed by atoms with Gasteiger partial charge in [0.25, 0.3) is 5.91 Å².